The zero-order valence-corrected chi connectivity index (χ0v) is 14.0. The van der Waals surface area contributed by atoms with Gasteiger partial charge in [-0.3, -0.25) is 0 Å². The molecule has 0 bridgehead atoms. The van der Waals surface area contributed by atoms with E-state index >= 15 is 0 Å². The topological polar surface area (TPSA) is 15.3 Å². The molecule has 2 rings (SSSR count). The highest BCUT2D eigenvalue weighted by Crippen LogP contribution is 2.26. The van der Waals surface area contributed by atoms with Crippen LogP contribution in [-0.4, -0.2) is 25.5 Å². The number of hydrogen-bond acceptors (Lipinski definition) is 3. The van der Waals surface area contributed by atoms with Crippen LogP contribution in [0.1, 0.15) is 29.4 Å². The first-order valence-corrected chi connectivity index (χ1v) is 8.13. The maximum absolute atomic E-state index is 13.1. The van der Waals surface area contributed by atoms with E-state index in [9.17, 15) is 4.39 Å². The first-order chi connectivity index (χ1) is 9.99. The molecule has 0 aliphatic heterocycles. The Hall–Kier alpha value is -0.940. The fourth-order valence-corrected chi connectivity index (χ4v) is 3.52. The van der Waals surface area contributed by atoms with Crippen molar-refractivity contribution in [2.75, 3.05) is 20.6 Å². The second-order valence-corrected chi connectivity index (χ2v) is 6.68. The average molecular weight is 327 g/mol. The fraction of sp³-hybridized carbons (Fsp3) is 0.375. The van der Waals surface area contributed by atoms with Gasteiger partial charge in [0, 0.05) is 22.5 Å². The molecule has 0 aliphatic carbocycles. The Morgan fingerprint density at radius 3 is 2.67 bits per heavy atom. The van der Waals surface area contributed by atoms with Gasteiger partial charge < -0.3 is 10.2 Å². The van der Waals surface area contributed by atoms with Crippen molar-refractivity contribution in [2.24, 2.45) is 0 Å². The molecule has 1 aromatic heterocycles. The zero-order chi connectivity index (χ0) is 15.4. The van der Waals surface area contributed by atoms with E-state index in [0.29, 0.717) is 11.1 Å². The van der Waals surface area contributed by atoms with Gasteiger partial charge in [-0.2, -0.15) is 0 Å². The van der Waals surface area contributed by atoms with Crippen LogP contribution in [0.15, 0.2) is 35.7 Å². The van der Waals surface area contributed by atoms with E-state index in [4.69, 9.17) is 11.6 Å². The summed E-state index contributed by atoms with van der Waals surface area (Å²) in [5, 5.41) is 6.04. The van der Waals surface area contributed by atoms with Crippen molar-refractivity contribution < 1.29 is 4.39 Å². The number of rotatable bonds is 6. The summed E-state index contributed by atoms with van der Waals surface area (Å²) in [5.74, 6) is -0.305. The quantitative estimate of drug-likeness (QED) is 0.841. The Bertz CT molecular complexity index is 572. The molecule has 0 aliphatic rings. The number of nitrogens with one attached hydrogen (secondary N) is 1. The molecule has 0 saturated heterocycles. The third kappa shape index (κ3) is 4.27. The Balaban J connectivity index is 2.03. The predicted octanol–water partition coefficient (Wildman–Crippen LogP) is 4.49. The van der Waals surface area contributed by atoms with E-state index in [0.717, 1.165) is 12.1 Å². The maximum atomic E-state index is 13.1. The van der Waals surface area contributed by atoms with Crippen LogP contribution in [0.4, 0.5) is 4.39 Å². The van der Waals surface area contributed by atoms with Crippen molar-refractivity contribution in [3.05, 3.63) is 57.0 Å². The summed E-state index contributed by atoms with van der Waals surface area (Å²) in [6, 6.07) is 9.14. The minimum Gasteiger partial charge on any atom is -0.308 e. The SMILES string of the molecule is CC(NCC(c1cccs1)N(C)C)c1ccc(F)cc1Cl. The Morgan fingerprint density at radius 2 is 2.10 bits per heavy atom. The number of thiophene rings is 1. The molecule has 2 unspecified atom stereocenters. The lowest BCUT2D eigenvalue weighted by atomic mass is 10.1. The molecular formula is C16H20ClFN2S. The Morgan fingerprint density at radius 1 is 1.33 bits per heavy atom. The normalized spacial score (nSPS) is 14.4. The molecule has 0 amide bonds. The number of likely N-dealkylation sites (N-methyl/N-ethyl adjacent to an activating group) is 1. The van der Waals surface area contributed by atoms with Gasteiger partial charge in [-0.05, 0) is 50.2 Å². The van der Waals surface area contributed by atoms with E-state index in [-0.39, 0.29) is 11.9 Å². The standard InChI is InChI=1S/C16H20ClFN2S/c1-11(13-7-6-12(18)9-14(13)17)19-10-15(20(2)3)16-5-4-8-21-16/h4-9,11,15,19H,10H2,1-3H3. The second-order valence-electron chi connectivity index (χ2n) is 5.29. The number of benzene rings is 1. The number of halogens is 2. The van der Waals surface area contributed by atoms with E-state index in [1.165, 1.54) is 17.0 Å². The van der Waals surface area contributed by atoms with Crippen molar-refractivity contribution in [2.45, 2.75) is 19.0 Å². The molecule has 1 aromatic carbocycles. The monoisotopic (exact) mass is 326 g/mol. The summed E-state index contributed by atoms with van der Waals surface area (Å²) in [4.78, 5) is 3.52. The highest BCUT2D eigenvalue weighted by atomic mass is 35.5. The summed E-state index contributed by atoms with van der Waals surface area (Å²) in [7, 11) is 4.14. The van der Waals surface area contributed by atoms with E-state index in [1.807, 2.05) is 6.92 Å². The molecule has 1 N–H and O–H groups in total. The largest absolute Gasteiger partial charge is 0.308 e. The molecule has 21 heavy (non-hydrogen) atoms. The summed E-state index contributed by atoms with van der Waals surface area (Å²) < 4.78 is 13.1. The van der Waals surface area contributed by atoms with Gasteiger partial charge in [-0.25, -0.2) is 4.39 Å². The maximum Gasteiger partial charge on any atom is 0.124 e. The van der Waals surface area contributed by atoms with Crippen LogP contribution in [0, 0.1) is 5.82 Å². The lowest BCUT2D eigenvalue weighted by Gasteiger charge is -2.26. The molecule has 2 atom stereocenters. The smallest absolute Gasteiger partial charge is 0.124 e. The summed E-state index contributed by atoms with van der Waals surface area (Å²) in [6.45, 7) is 2.85. The molecule has 0 fully saturated rings. The second kappa shape index (κ2) is 7.36. The number of hydrogen-bond donors (Lipinski definition) is 1. The predicted molar refractivity (Wildman–Crippen MR) is 88.6 cm³/mol. The van der Waals surface area contributed by atoms with E-state index in [1.54, 1.807) is 17.4 Å². The summed E-state index contributed by atoms with van der Waals surface area (Å²) in [6.07, 6.45) is 0. The minimum absolute atomic E-state index is 0.0699. The van der Waals surface area contributed by atoms with Crippen molar-refractivity contribution in [1.29, 1.82) is 0 Å². The molecule has 0 radical (unpaired) electrons. The van der Waals surface area contributed by atoms with Gasteiger partial charge in [0.05, 0.1) is 6.04 Å². The summed E-state index contributed by atoms with van der Waals surface area (Å²) >= 11 is 7.87. The van der Waals surface area contributed by atoms with Crippen LogP contribution in [0.25, 0.3) is 0 Å². The molecule has 0 saturated carbocycles. The highest BCUT2D eigenvalue weighted by Gasteiger charge is 2.17. The lowest BCUT2D eigenvalue weighted by Crippen LogP contribution is -2.32. The average Bonchev–Trinajstić information content (AvgIpc) is 2.92. The third-order valence-corrected chi connectivity index (χ3v) is 4.84. The molecule has 2 nitrogen and oxygen atoms in total. The zero-order valence-electron chi connectivity index (χ0n) is 12.4. The fourth-order valence-electron chi connectivity index (χ4n) is 2.27. The molecule has 1 heterocycles. The Labute approximate surface area is 134 Å². The van der Waals surface area contributed by atoms with Gasteiger partial charge in [0.15, 0.2) is 0 Å². The van der Waals surface area contributed by atoms with Crippen LogP contribution in [0.2, 0.25) is 5.02 Å². The van der Waals surface area contributed by atoms with Crippen LogP contribution >= 0.6 is 22.9 Å². The third-order valence-electron chi connectivity index (χ3n) is 3.54. The van der Waals surface area contributed by atoms with Gasteiger partial charge in [0.1, 0.15) is 5.82 Å². The van der Waals surface area contributed by atoms with Crippen molar-refractivity contribution in [1.82, 2.24) is 10.2 Å². The van der Waals surface area contributed by atoms with Gasteiger partial charge in [-0.1, -0.05) is 23.7 Å². The first-order valence-electron chi connectivity index (χ1n) is 6.87. The van der Waals surface area contributed by atoms with Gasteiger partial charge in [0.25, 0.3) is 0 Å². The number of nitrogens with zero attached hydrogens (tertiary/aromatic N) is 1. The van der Waals surface area contributed by atoms with E-state index in [2.05, 4.69) is 41.8 Å². The molecule has 0 spiro atoms. The Kier molecular flexibility index (Phi) is 5.76. The highest BCUT2D eigenvalue weighted by molar-refractivity contribution is 7.10. The van der Waals surface area contributed by atoms with Crippen LogP contribution < -0.4 is 5.32 Å². The van der Waals surface area contributed by atoms with Gasteiger partial charge >= 0.3 is 0 Å². The molecule has 114 valence electrons. The van der Waals surface area contributed by atoms with Crippen LogP contribution in [0.5, 0.6) is 0 Å². The van der Waals surface area contributed by atoms with Crippen LogP contribution in [0.3, 0.4) is 0 Å². The minimum atomic E-state index is -0.305. The van der Waals surface area contributed by atoms with Crippen molar-refractivity contribution in [3.63, 3.8) is 0 Å². The first kappa shape index (κ1) is 16.4. The van der Waals surface area contributed by atoms with E-state index < -0.39 is 0 Å². The van der Waals surface area contributed by atoms with Crippen LogP contribution in [-0.2, 0) is 0 Å². The molecular weight excluding hydrogens is 307 g/mol. The molecule has 2 aromatic rings. The van der Waals surface area contributed by atoms with Gasteiger partial charge in [0.2, 0.25) is 0 Å². The van der Waals surface area contributed by atoms with Gasteiger partial charge in [-0.15, -0.1) is 11.3 Å². The lowest BCUT2D eigenvalue weighted by molar-refractivity contribution is 0.285. The van der Waals surface area contributed by atoms with Crippen molar-refractivity contribution in [3.8, 4) is 0 Å². The molecule has 5 heteroatoms. The summed E-state index contributed by atoms with van der Waals surface area (Å²) in [5.41, 5.74) is 0.918. The van der Waals surface area contributed by atoms with Crippen molar-refractivity contribution >= 4 is 22.9 Å².